The Kier molecular flexibility index (Phi) is 5.36. The van der Waals surface area contributed by atoms with E-state index < -0.39 is 11.9 Å². The van der Waals surface area contributed by atoms with Crippen LogP contribution in [-0.4, -0.2) is 12.7 Å². The van der Waals surface area contributed by atoms with Gasteiger partial charge in [0.1, 0.15) is 17.3 Å². The van der Waals surface area contributed by atoms with Gasteiger partial charge in [0.25, 0.3) is 0 Å². The van der Waals surface area contributed by atoms with Gasteiger partial charge in [-0.3, -0.25) is 5.32 Å². The highest BCUT2D eigenvalue weighted by Crippen LogP contribution is 2.26. The summed E-state index contributed by atoms with van der Waals surface area (Å²) in [5.41, 5.74) is 0.700. The Morgan fingerprint density at radius 1 is 1.23 bits per heavy atom. The minimum Gasteiger partial charge on any atom is -0.493 e. The Hall–Kier alpha value is -2.56. The smallest absolute Gasteiger partial charge is 0.417 e. The second-order valence-electron chi connectivity index (χ2n) is 4.77. The molecule has 2 aromatic rings. The van der Waals surface area contributed by atoms with E-state index >= 15 is 0 Å². The van der Waals surface area contributed by atoms with Crippen molar-refractivity contribution in [3.63, 3.8) is 0 Å². The molecule has 0 spiro atoms. The molecule has 1 amide bonds. The van der Waals surface area contributed by atoms with Gasteiger partial charge in [-0.25, -0.2) is 9.18 Å². The highest BCUT2D eigenvalue weighted by atomic mass is 19.1. The summed E-state index contributed by atoms with van der Waals surface area (Å²) in [6, 6.07) is 11.4. The molecule has 0 fully saturated rings. The van der Waals surface area contributed by atoms with Crippen molar-refractivity contribution in [1.82, 2.24) is 0 Å². The third-order valence-electron chi connectivity index (χ3n) is 2.92. The molecule has 1 N–H and O–H groups in total. The van der Waals surface area contributed by atoms with Crippen LogP contribution in [0.3, 0.4) is 0 Å². The standard InChI is InChI=1S/C17H18FNO3/c1-3-9-21-16-11-15(14(18)10-12(16)2)19-17(20)22-13-7-5-4-6-8-13/h4-8,10-11H,3,9H2,1-2H3,(H,19,20). The predicted octanol–water partition coefficient (Wildman–Crippen LogP) is 4.53. The zero-order valence-electron chi connectivity index (χ0n) is 12.6. The van der Waals surface area contributed by atoms with E-state index in [-0.39, 0.29) is 5.69 Å². The molecule has 4 nitrogen and oxygen atoms in total. The number of para-hydroxylation sites is 1. The summed E-state index contributed by atoms with van der Waals surface area (Å²) in [6.07, 6.45) is 0.0886. The average molecular weight is 303 g/mol. The number of ether oxygens (including phenoxy) is 2. The minimum atomic E-state index is -0.754. The molecular formula is C17H18FNO3. The first-order valence-corrected chi connectivity index (χ1v) is 7.07. The molecule has 0 bridgehead atoms. The Bertz CT molecular complexity index is 644. The molecule has 2 aromatic carbocycles. The maximum Gasteiger partial charge on any atom is 0.417 e. The zero-order valence-corrected chi connectivity index (χ0v) is 12.6. The van der Waals surface area contributed by atoms with E-state index in [1.165, 1.54) is 12.1 Å². The number of hydrogen-bond acceptors (Lipinski definition) is 3. The predicted molar refractivity (Wildman–Crippen MR) is 83.0 cm³/mol. The van der Waals surface area contributed by atoms with Crippen LogP contribution in [0.2, 0.25) is 0 Å². The molecule has 0 aliphatic rings. The van der Waals surface area contributed by atoms with Crippen LogP contribution in [0.15, 0.2) is 42.5 Å². The molecule has 0 saturated carbocycles. The van der Waals surface area contributed by atoms with Gasteiger partial charge >= 0.3 is 6.09 Å². The fourth-order valence-electron chi connectivity index (χ4n) is 1.85. The first-order valence-electron chi connectivity index (χ1n) is 7.07. The first kappa shape index (κ1) is 15.8. The van der Waals surface area contributed by atoms with Crippen molar-refractivity contribution in [2.75, 3.05) is 11.9 Å². The number of carbonyl (C=O) groups is 1. The van der Waals surface area contributed by atoms with E-state index in [0.717, 1.165) is 6.42 Å². The second-order valence-corrected chi connectivity index (χ2v) is 4.77. The Labute approximate surface area is 128 Å². The second kappa shape index (κ2) is 7.45. The number of carbonyl (C=O) groups excluding carboxylic acids is 1. The van der Waals surface area contributed by atoms with Crippen molar-refractivity contribution in [2.24, 2.45) is 0 Å². The number of aryl methyl sites for hydroxylation is 1. The molecular weight excluding hydrogens is 285 g/mol. The van der Waals surface area contributed by atoms with E-state index in [1.807, 2.05) is 13.0 Å². The number of hydrogen-bond donors (Lipinski definition) is 1. The number of rotatable bonds is 5. The van der Waals surface area contributed by atoms with Crippen molar-refractivity contribution in [1.29, 1.82) is 0 Å². The lowest BCUT2D eigenvalue weighted by molar-refractivity contribution is 0.215. The highest BCUT2D eigenvalue weighted by molar-refractivity contribution is 5.86. The molecule has 22 heavy (non-hydrogen) atoms. The van der Waals surface area contributed by atoms with Crippen molar-refractivity contribution < 1.29 is 18.7 Å². The molecule has 0 aromatic heterocycles. The Morgan fingerprint density at radius 3 is 2.64 bits per heavy atom. The molecule has 0 heterocycles. The monoisotopic (exact) mass is 303 g/mol. The van der Waals surface area contributed by atoms with E-state index in [1.54, 1.807) is 31.2 Å². The van der Waals surface area contributed by atoms with Gasteiger partial charge in [-0.1, -0.05) is 25.1 Å². The van der Waals surface area contributed by atoms with Gasteiger partial charge in [0.05, 0.1) is 12.3 Å². The van der Waals surface area contributed by atoms with Gasteiger partial charge in [0.15, 0.2) is 0 Å². The van der Waals surface area contributed by atoms with Gasteiger partial charge in [0, 0.05) is 6.07 Å². The lowest BCUT2D eigenvalue weighted by Gasteiger charge is -2.12. The summed E-state index contributed by atoms with van der Waals surface area (Å²) in [4.78, 5) is 11.8. The number of amides is 1. The Balaban J connectivity index is 2.09. The average Bonchev–Trinajstić information content (AvgIpc) is 2.50. The molecule has 0 aliphatic heterocycles. The summed E-state index contributed by atoms with van der Waals surface area (Å²) in [5, 5.41) is 2.39. The van der Waals surface area contributed by atoms with Crippen molar-refractivity contribution in [2.45, 2.75) is 20.3 Å². The third-order valence-corrected chi connectivity index (χ3v) is 2.92. The number of halogens is 1. The molecule has 0 saturated heterocycles. The van der Waals surface area contributed by atoms with Crippen molar-refractivity contribution in [3.8, 4) is 11.5 Å². The first-order chi connectivity index (χ1) is 10.6. The number of nitrogens with one attached hydrogen (secondary N) is 1. The van der Waals surface area contributed by atoms with Crippen molar-refractivity contribution >= 4 is 11.8 Å². The fourth-order valence-corrected chi connectivity index (χ4v) is 1.85. The number of benzene rings is 2. The van der Waals surface area contributed by atoms with Gasteiger partial charge < -0.3 is 9.47 Å². The van der Waals surface area contributed by atoms with Crippen LogP contribution < -0.4 is 14.8 Å². The maximum atomic E-state index is 13.9. The minimum absolute atomic E-state index is 0.0256. The lowest BCUT2D eigenvalue weighted by Crippen LogP contribution is -2.17. The summed E-state index contributed by atoms with van der Waals surface area (Å²) >= 11 is 0. The molecule has 2 rings (SSSR count). The van der Waals surface area contributed by atoms with E-state index in [4.69, 9.17) is 9.47 Å². The Morgan fingerprint density at radius 2 is 1.95 bits per heavy atom. The largest absolute Gasteiger partial charge is 0.493 e. The molecule has 116 valence electrons. The van der Waals surface area contributed by atoms with Crippen LogP contribution in [0.25, 0.3) is 0 Å². The topological polar surface area (TPSA) is 47.6 Å². The van der Waals surface area contributed by atoms with E-state index in [2.05, 4.69) is 5.32 Å². The summed E-state index contributed by atoms with van der Waals surface area (Å²) < 4.78 is 24.5. The van der Waals surface area contributed by atoms with Gasteiger partial charge in [-0.15, -0.1) is 0 Å². The number of anilines is 1. The quantitative estimate of drug-likeness (QED) is 0.882. The van der Waals surface area contributed by atoms with Crippen LogP contribution in [0.5, 0.6) is 11.5 Å². The SMILES string of the molecule is CCCOc1cc(NC(=O)Oc2ccccc2)c(F)cc1C. The maximum absolute atomic E-state index is 13.9. The third kappa shape index (κ3) is 4.22. The van der Waals surface area contributed by atoms with E-state index in [0.29, 0.717) is 23.7 Å². The molecule has 0 atom stereocenters. The van der Waals surface area contributed by atoms with Crippen LogP contribution in [0, 0.1) is 12.7 Å². The van der Waals surface area contributed by atoms with Crippen LogP contribution in [-0.2, 0) is 0 Å². The lowest BCUT2D eigenvalue weighted by atomic mass is 10.2. The summed E-state index contributed by atoms with van der Waals surface area (Å²) in [6.45, 7) is 4.26. The highest BCUT2D eigenvalue weighted by Gasteiger charge is 2.12. The van der Waals surface area contributed by atoms with Gasteiger partial charge in [-0.2, -0.15) is 0 Å². The zero-order chi connectivity index (χ0) is 15.9. The van der Waals surface area contributed by atoms with Crippen LogP contribution >= 0.6 is 0 Å². The van der Waals surface area contributed by atoms with Crippen LogP contribution in [0.1, 0.15) is 18.9 Å². The molecule has 0 radical (unpaired) electrons. The van der Waals surface area contributed by atoms with Crippen molar-refractivity contribution in [3.05, 3.63) is 53.8 Å². The fraction of sp³-hybridized carbons (Fsp3) is 0.235. The molecule has 0 aliphatic carbocycles. The summed E-state index contributed by atoms with van der Waals surface area (Å²) in [5.74, 6) is 0.389. The van der Waals surface area contributed by atoms with Gasteiger partial charge in [-0.05, 0) is 37.1 Å². The van der Waals surface area contributed by atoms with E-state index in [9.17, 15) is 9.18 Å². The summed E-state index contributed by atoms with van der Waals surface area (Å²) in [7, 11) is 0. The van der Waals surface area contributed by atoms with Crippen LogP contribution in [0.4, 0.5) is 14.9 Å². The molecule has 0 unspecified atom stereocenters. The van der Waals surface area contributed by atoms with Gasteiger partial charge in [0.2, 0.25) is 0 Å². The molecule has 5 heteroatoms. The normalized spacial score (nSPS) is 10.1.